The minimum absolute atomic E-state index is 0.0269. The van der Waals surface area contributed by atoms with E-state index in [9.17, 15) is 15.3 Å². The molecule has 0 heterocycles. The zero-order chi connectivity index (χ0) is 25.8. The van der Waals surface area contributed by atoms with Crippen LogP contribution in [0.1, 0.15) is 91.9 Å². The van der Waals surface area contributed by atoms with Crippen molar-refractivity contribution in [1.82, 2.24) is 0 Å². The van der Waals surface area contributed by atoms with Crippen molar-refractivity contribution < 1.29 is 25.2 Å². The van der Waals surface area contributed by atoms with Gasteiger partial charge in [-0.05, 0) is 93.1 Å². The standard InChI is InChI=1S/C30H50O5/c1-20(9-6-15-29(3,4)34)24-13-14-25-22(10-7-16-30(24,25)5)11-12-23-19-26(32)28(27(33)21(23)2)35-18-8-17-31/h11-12,20,24-28,31-34H,2,6-10,13-19H2,1,3-5H3/t20-,24-,25?,26-,27-,28+,30-/m1/s1. The van der Waals surface area contributed by atoms with Crippen LogP contribution in [0.15, 0.2) is 35.5 Å². The van der Waals surface area contributed by atoms with Gasteiger partial charge >= 0.3 is 0 Å². The van der Waals surface area contributed by atoms with E-state index in [0.29, 0.717) is 42.3 Å². The summed E-state index contributed by atoms with van der Waals surface area (Å²) in [7, 11) is 0. The van der Waals surface area contributed by atoms with Crippen molar-refractivity contribution in [3.05, 3.63) is 35.5 Å². The molecule has 4 N–H and O–H groups in total. The number of hydrogen-bond acceptors (Lipinski definition) is 5. The normalized spacial score (nSPS) is 37.1. The fraction of sp³-hybridized carbons (Fsp3) is 0.800. The summed E-state index contributed by atoms with van der Waals surface area (Å²) in [6.45, 7) is 13.2. The van der Waals surface area contributed by atoms with Gasteiger partial charge in [-0.2, -0.15) is 0 Å². The second kappa shape index (κ2) is 12.0. The lowest BCUT2D eigenvalue weighted by Crippen LogP contribution is -2.45. The van der Waals surface area contributed by atoms with Crippen LogP contribution in [0.3, 0.4) is 0 Å². The number of rotatable bonds is 10. The van der Waals surface area contributed by atoms with Gasteiger partial charge in [-0.15, -0.1) is 0 Å². The van der Waals surface area contributed by atoms with Crippen molar-refractivity contribution >= 4 is 0 Å². The van der Waals surface area contributed by atoms with E-state index in [4.69, 9.17) is 9.84 Å². The highest BCUT2D eigenvalue weighted by molar-refractivity contribution is 5.40. The Morgan fingerprint density at radius 2 is 1.94 bits per heavy atom. The molecule has 3 aliphatic carbocycles. The number of hydrogen-bond donors (Lipinski definition) is 4. The SMILES string of the molecule is C=C1C(=CC=C2CCC[C@@]3(C)C2CC[C@@H]3[C@H](C)CCCC(C)(C)O)C[C@@H](O)[C@H](OCCCO)[C@@H]1O. The predicted octanol–water partition coefficient (Wildman–Crippen LogP) is 5.08. The molecule has 1 unspecified atom stereocenters. The molecule has 0 saturated heterocycles. The van der Waals surface area contributed by atoms with E-state index in [0.717, 1.165) is 30.8 Å². The van der Waals surface area contributed by atoms with Crippen LogP contribution in [0.4, 0.5) is 0 Å². The molecule has 3 aliphatic rings. The maximum absolute atomic E-state index is 10.7. The van der Waals surface area contributed by atoms with Gasteiger partial charge in [0.2, 0.25) is 0 Å². The van der Waals surface area contributed by atoms with Crippen LogP contribution in [-0.4, -0.2) is 57.6 Å². The minimum atomic E-state index is -0.931. The summed E-state index contributed by atoms with van der Waals surface area (Å²) < 4.78 is 5.63. The summed E-state index contributed by atoms with van der Waals surface area (Å²) in [6.07, 6.45) is 12.1. The lowest BCUT2D eigenvalue weighted by molar-refractivity contribution is -0.0968. The molecule has 0 radical (unpaired) electrons. The molecular weight excluding hydrogens is 440 g/mol. The minimum Gasteiger partial charge on any atom is -0.396 e. The van der Waals surface area contributed by atoms with Crippen LogP contribution in [-0.2, 0) is 4.74 Å². The molecular formula is C30H50O5. The molecule has 0 amide bonds. The lowest BCUT2D eigenvalue weighted by Gasteiger charge is -2.44. The molecule has 0 aromatic heterocycles. The van der Waals surface area contributed by atoms with Crippen LogP contribution in [0.25, 0.3) is 0 Å². The van der Waals surface area contributed by atoms with Gasteiger partial charge in [0, 0.05) is 19.6 Å². The van der Waals surface area contributed by atoms with Crippen LogP contribution in [0.5, 0.6) is 0 Å². The van der Waals surface area contributed by atoms with Crippen LogP contribution in [0, 0.1) is 23.2 Å². The van der Waals surface area contributed by atoms with E-state index >= 15 is 0 Å². The Labute approximate surface area is 213 Å². The highest BCUT2D eigenvalue weighted by Crippen LogP contribution is 2.60. The van der Waals surface area contributed by atoms with E-state index < -0.39 is 23.9 Å². The van der Waals surface area contributed by atoms with Gasteiger partial charge in [-0.1, -0.05) is 51.0 Å². The Morgan fingerprint density at radius 1 is 1.20 bits per heavy atom. The average Bonchev–Trinajstić information content (AvgIpc) is 3.14. The number of fused-ring (bicyclic) bond motifs is 1. The van der Waals surface area contributed by atoms with Crippen molar-refractivity contribution in [2.24, 2.45) is 23.2 Å². The summed E-state index contributed by atoms with van der Waals surface area (Å²) in [4.78, 5) is 0. The van der Waals surface area contributed by atoms with Gasteiger partial charge in [0.05, 0.1) is 11.7 Å². The van der Waals surface area contributed by atoms with Crippen molar-refractivity contribution in [2.45, 2.75) is 116 Å². The Kier molecular flexibility index (Phi) is 9.84. The molecule has 0 aromatic rings. The molecule has 0 aliphatic heterocycles. The number of aliphatic hydroxyl groups is 4. The summed E-state index contributed by atoms with van der Waals surface area (Å²) in [5.41, 5.74) is 2.79. The first-order valence-electron chi connectivity index (χ1n) is 13.9. The molecule has 3 fully saturated rings. The van der Waals surface area contributed by atoms with Crippen LogP contribution in [0.2, 0.25) is 0 Å². The Morgan fingerprint density at radius 3 is 2.63 bits per heavy atom. The molecule has 35 heavy (non-hydrogen) atoms. The van der Waals surface area contributed by atoms with Gasteiger partial charge in [0.15, 0.2) is 0 Å². The summed E-state index contributed by atoms with van der Waals surface area (Å²) in [5, 5.41) is 40.4. The van der Waals surface area contributed by atoms with Crippen LogP contribution < -0.4 is 0 Å². The summed E-state index contributed by atoms with van der Waals surface area (Å²) in [6, 6.07) is 0. The fourth-order valence-corrected chi connectivity index (χ4v) is 7.21. The molecule has 3 rings (SSSR count). The molecule has 3 saturated carbocycles. The molecule has 200 valence electrons. The van der Waals surface area contributed by atoms with Crippen LogP contribution >= 0.6 is 0 Å². The fourth-order valence-electron chi connectivity index (χ4n) is 7.21. The monoisotopic (exact) mass is 490 g/mol. The second-order valence-electron chi connectivity index (χ2n) is 12.4. The van der Waals surface area contributed by atoms with Crippen molar-refractivity contribution in [3.8, 4) is 0 Å². The van der Waals surface area contributed by atoms with Crippen molar-refractivity contribution in [2.75, 3.05) is 13.2 Å². The third-order valence-electron chi connectivity index (χ3n) is 9.17. The average molecular weight is 491 g/mol. The first-order valence-corrected chi connectivity index (χ1v) is 13.9. The maximum atomic E-state index is 10.7. The largest absolute Gasteiger partial charge is 0.396 e. The van der Waals surface area contributed by atoms with E-state index in [-0.39, 0.29) is 6.61 Å². The smallest absolute Gasteiger partial charge is 0.114 e. The number of aliphatic hydroxyl groups excluding tert-OH is 3. The predicted molar refractivity (Wildman–Crippen MR) is 141 cm³/mol. The Balaban J connectivity index is 1.67. The molecule has 0 bridgehead atoms. The number of ether oxygens (including phenoxy) is 1. The summed E-state index contributed by atoms with van der Waals surface area (Å²) >= 11 is 0. The maximum Gasteiger partial charge on any atom is 0.114 e. The van der Waals surface area contributed by atoms with Crippen molar-refractivity contribution in [3.63, 3.8) is 0 Å². The number of allylic oxidation sites excluding steroid dienone is 3. The Hall–Kier alpha value is -0.980. The molecule has 5 heteroatoms. The highest BCUT2D eigenvalue weighted by Gasteiger charge is 2.50. The molecule has 0 aromatic carbocycles. The van der Waals surface area contributed by atoms with E-state index in [1.54, 1.807) is 0 Å². The third-order valence-corrected chi connectivity index (χ3v) is 9.17. The van der Waals surface area contributed by atoms with Gasteiger partial charge in [0.25, 0.3) is 0 Å². The highest BCUT2D eigenvalue weighted by atomic mass is 16.5. The van der Waals surface area contributed by atoms with Gasteiger partial charge in [0.1, 0.15) is 12.2 Å². The quantitative estimate of drug-likeness (QED) is 0.321. The third kappa shape index (κ3) is 6.87. The first-order chi connectivity index (χ1) is 16.5. The van der Waals surface area contributed by atoms with Gasteiger partial charge < -0.3 is 25.2 Å². The topological polar surface area (TPSA) is 90.2 Å². The zero-order valence-corrected chi connectivity index (χ0v) is 22.5. The molecule has 7 atom stereocenters. The molecule has 0 spiro atoms. The Bertz CT molecular complexity index is 778. The lowest BCUT2D eigenvalue weighted by atomic mass is 9.60. The second-order valence-corrected chi connectivity index (χ2v) is 12.4. The van der Waals surface area contributed by atoms with E-state index in [1.807, 2.05) is 13.8 Å². The van der Waals surface area contributed by atoms with E-state index in [1.165, 1.54) is 37.7 Å². The zero-order valence-electron chi connectivity index (χ0n) is 22.5. The van der Waals surface area contributed by atoms with E-state index in [2.05, 4.69) is 32.6 Å². The first kappa shape index (κ1) is 28.6. The molecule has 5 nitrogen and oxygen atoms in total. The summed E-state index contributed by atoms with van der Waals surface area (Å²) in [5.74, 6) is 1.98. The van der Waals surface area contributed by atoms with Gasteiger partial charge in [-0.3, -0.25) is 0 Å². The van der Waals surface area contributed by atoms with Crippen molar-refractivity contribution in [1.29, 1.82) is 0 Å². The van der Waals surface area contributed by atoms with Gasteiger partial charge in [-0.25, -0.2) is 0 Å².